The number of aromatic nitrogens is 4. The van der Waals surface area contributed by atoms with Crippen molar-refractivity contribution >= 4 is 46.6 Å². The molecule has 0 aromatic carbocycles. The third kappa shape index (κ3) is 3.84. The van der Waals surface area contributed by atoms with Crippen LogP contribution >= 0.6 is 11.6 Å². The Morgan fingerprint density at radius 1 is 1.07 bits per heavy atom. The molecular weight excluding hydrogens is 394 g/mol. The summed E-state index contributed by atoms with van der Waals surface area (Å²) in [6.07, 6.45) is -1.15. The topological polar surface area (TPSA) is 149 Å². The Morgan fingerprint density at radius 3 is 2.29 bits per heavy atom. The van der Waals surface area contributed by atoms with Crippen LogP contribution in [0, 0.1) is 0 Å². The molecule has 0 aliphatic heterocycles. The first-order valence-electron chi connectivity index (χ1n) is 8.34. The lowest BCUT2D eigenvalue weighted by Gasteiger charge is -2.26. The van der Waals surface area contributed by atoms with E-state index in [0.29, 0.717) is 11.2 Å². The number of hydrogen-bond acceptors (Lipinski definition) is 10. The molecule has 12 heteroatoms. The van der Waals surface area contributed by atoms with Crippen LogP contribution in [0.15, 0.2) is 6.33 Å². The minimum atomic E-state index is -0.998. The summed E-state index contributed by atoms with van der Waals surface area (Å²) in [5, 5.41) is 0.0661. The molecule has 0 amide bonds. The molecule has 1 saturated carbocycles. The Bertz CT molecular complexity index is 947. The number of nitrogen functional groups attached to an aromatic ring is 1. The lowest BCUT2D eigenvalue weighted by Crippen LogP contribution is -2.40. The van der Waals surface area contributed by atoms with Gasteiger partial charge in [-0.05, 0) is 0 Å². The van der Waals surface area contributed by atoms with Gasteiger partial charge in [0.15, 0.2) is 23.0 Å². The number of nitrogens with zero attached hydrogens (tertiary/aromatic N) is 4. The first-order chi connectivity index (χ1) is 13.2. The zero-order valence-corrected chi connectivity index (χ0v) is 16.0. The minimum Gasteiger partial charge on any atom is -0.458 e. The number of ether oxygens (including phenoxy) is 3. The van der Waals surface area contributed by atoms with Gasteiger partial charge in [0, 0.05) is 27.2 Å². The quantitative estimate of drug-likeness (QED) is 0.434. The lowest BCUT2D eigenvalue weighted by atomic mass is 10.2. The summed E-state index contributed by atoms with van der Waals surface area (Å²) in [7, 11) is 0. The molecule has 11 nitrogen and oxygen atoms in total. The fraction of sp³-hybridized carbons (Fsp3) is 0.500. The van der Waals surface area contributed by atoms with Crippen molar-refractivity contribution < 1.29 is 28.6 Å². The van der Waals surface area contributed by atoms with E-state index >= 15 is 0 Å². The number of hydrogen-bond donors (Lipinski definition) is 1. The van der Waals surface area contributed by atoms with Crippen molar-refractivity contribution in [3.63, 3.8) is 0 Å². The molecule has 1 aliphatic rings. The molecule has 2 heterocycles. The first-order valence-corrected chi connectivity index (χ1v) is 8.72. The number of carbonyl (C=O) groups is 3. The monoisotopic (exact) mass is 411 g/mol. The maximum Gasteiger partial charge on any atom is 0.303 e. The number of imidazole rings is 1. The van der Waals surface area contributed by atoms with Crippen LogP contribution in [0.5, 0.6) is 0 Å². The van der Waals surface area contributed by atoms with Crippen molar-refractivity contribution in [1.82, 2.24) is 19.5 Å². The van der Waals surface area contributed by atoms with E-state index in [1.54, 1.807) is 4.57 Å². The Morgan fingerprint density at radius 2 is 1.68 bits per heavy atom. The summed E-state index contributed by atoms with van der Waals surface area (Å²) in [6, 6.07) is -0.604. The van der Waals surface area contributed by atoms with Crippen molar-refractivity contribution in [1.29, 1.82) is 0 Å². The maximum absolute atomic E-state index is 11.7. The van der Waals surface area contributed by atoms with E-state index in [0.717, 1.165) is 0 Å². The van der Waals surface area contributed by atoms with Gasteiger partial charge in [0.25, 0.3) is 0 Å². The molecule has 0 saturated heterocycles. The first kappa shape index (κ1) is 19.8. The van der Waals surface area contributed by atoms with Crippen LogP contribution in [0.1, 0.15) is 33.2 Å². The van der Waals surface area contributed by atoms with Crippen molar-refractivity contribution in [3.05, 3.63) is 11.5 Å². The number of esters is 3. The van der Waals surface area contributed by atoms with Crippen LogP contribution in [0.2, 0.25) is 5.15 Å². The maximum atomic E-state index is 11.7. The molecule has 1 aliphatic carbocycles. The van der Waals surface area contributed by atoms with Crippen LogP contribution in [0.25, 0.3) is 11.2 Å². The summed E-state index contributed by atoms with van der Waals surface area (Å²) >= 11 is 6.07. The van der Waals surface area contributed by atoms with Crippen molar-refractivity contribution in [2.24, 2.45) is 0 Å². The number of carbonyl (C=O) groups excluding carboxylic acids is 3. The van der Waals surface area contributed by atoms with E-state index in [-0.39, 0.29) is 17.5 Å². The molecular formula is C16H18ClN5O6. The van der Waals surface area contributed by atoms with Gasteiger partial charge in [0.05, 0.1) is 12.4 Å². The molecule has 2 N–H and O–H groups in total. The van der Waals surface area contributed by atoms with Crippen LogP contribution in [0.4, 0.5) is 5.95 Å². The van der Waals surface area contributed by atoms with Gasteiger partial charge < -0.3 is 24.5 Å². The zero-order chi connectivity index (χ0) is 20.6. The van der Waals surface area contributed by atoms with Crippen molar-refractivity contribution in [2.75, 3.05) is 5.73 Å². The Kier molecular flexibility index (Phi) is 5.36. The van der Waals surface area contributed by atoms with Crippen molar-refractivity contribution in [2.45, 2.75) is 51.5 Å². The van der Waals surface area contributed by atoms with Gasteiger partial charge in [0.1, 0.15) is 11.6 Å². The summed E-state index contributed by atoms with van der Waals surface area (Å²) in [5.41, 5.74) is 6.29. The summed E-state index contributed by atoms with van der Waals surface area (Å²) in [6.45, 7) is 3.67. The normalized spacial score (nSPS) is 24.1. The van der Waals surface area contributed by atoms with Gasteiger partial charge in [-0.2, -0.15) is 9.97 Å². The van der Waals surface area contributed by atoms with Gasteiger partial charge in [-0.1, -0.05) is 11.6 Å². The van der Waals surface area contributed by atoms with E-state index in [2.05, 4.69) is 15.0 Å². The third-order valence-corrected chi connectivity index (χ3v) is 4.48. The highest BCUT2D eigenvalue weighted by molar-refractivity contribution is 6.33. The number of anilines is 1. The Hall–Kier alpha value is -2.95. The molecule has 2 aromatic rings. The van der Waals surface area contributed by atoms with E-state index in [9.17, 15) is 14.4 Å². The summed E-state index contributed by atoms with van der Waals surface area (Å²) in [5.74, 6) is -1.82. The van der Waals surface area contributed by atoms with Crippen LogP contribution < -0.4 is 5.73 Å². The molecule has 1 fully saturated rings. The largest absolute Gasteiger partial charge is 0.458 e. The zero-order valence-electron chi connectivity index (χ0n) is 15.3. The highest BCUT2D eigenvalue weighted by Crippen LogP contribution is 2.39. The van der Waals surface area contributed by atoms with Crippen LogP contribution in [0.3, 0.4) is 0 Å². The second kappa shape index (κ2) is 7.58. The minimum absolute atomic E-state index is 0.0608. The van der Waals surface area contributed by atoms with E-state index < -0.39 is 42.3 Å². The second-order valence-corrected chi connectivity index (χ2v) is 6.65. The van der Waals surface area contributed by atoms with E-state index in [1.807, 2.05) is 0 Å². The summed E-state index contributed by atoms with van der Waals surface area (Å²) in [4.78, 5) is 47.0. The van der Waals surface area contributed by atoms with Gasteiger partial charge in [-0.3, -0.25) is 14.4 Å². The molecule has 0 spiro atoms. The van der Waals surface area contributed by atoms with Gasteiger partial charge in [-0.15, -0.1) is 0 Å². The molecule has 0 bridgehead atoms. The molecule has 2 aromatic heterocycles. The smallest absolute Gasteiger partial charge is 0.303 e. The van der Waals surface area contributed by atoms with E-state index in [4.69, 9.17) is 31.5 Å². The Labute approximate surface area is 164 Å². The molecule has 28 heavy (non-hydrogen) atoms. The van der Waals surface area contributed by atoms with Gasteiger partial charge >= 0.3 is 17.9 Å². The van der Waals surface area contributed by atoms with Gasteiger partial charge in [-0.25, -0.2) is 4.98 Å². The molecule has 0 unspecified atom stereocenters. The highest BCUT2D eigenvalue weighted by Gasteiger charge is 2.51. The average Bonchev–Trinajstić information content (AvgIpc) is 3.09. The fourth-order valence-corrected chi connectivity index (χ4v) is 3.57. The van der Waals surface area contributed by atoms with E-state index in [1.165, 1.54) is 27.1 Å². The van der Waals surface area contributed by atoms with Gasteiger partial charge in [0.2, 0.25) is 5.95 Å². The molecule has 3 rings (SSSR count). The second-order valence-electron chi connectivity index (χ2n) is 6.30. The molecule has 4 atom stereocenters. The predicted molar refractivity (Wildman–Crippen MR) is 95.1 cm³/mol. The number of fused-ring (bicyclic) bond motifs is 1. The average molecular weight is 412 g/mol. The number of halogens is 1. The number of nitrogens with two attached hydrogens (primary N) is 1. The Balaban J connectivity index is 2.08. The lowest BCUT2D eigenvalue weighted by molar-refractivity contribution is -0.175. The van der Waals surface area contributed by atoms with Crippen LogP contribution in [-0.2, 0) is 28.6 Å². The third-order valence-electron chi connectivity index (χ3n) is 4.22. The molecule has 0 radical (unpaired) electrons. The highest BCUT2D eigenvalue weighted by atomic mass is 35.5. The number of rotatable bonds is 4. The van der Waals surface area contributed by atoms with Crippen molar-refractivity contribution in [3.8, 4) is 0 Å². The fourth-order valence-electron chi connectivity index (χ4n) is 3.35. The van der Waals surface area contributed by atoms with Crippen LogP contribution in [-0.4, -0.2) is 55.7 Å². The molecule has 150 valence electrons. The SMILES string of the molecule is CC(=O)O[C@@H]1[C@H](OC(C)=O)[C@@H](OC(C)=O)C[C@H]1n1cnc2c(Cl)nc(N)nc21. The summed E-state index contributed by atoms with van der Waals surface area (Å²) < 4.78 is 17.6. The standard InChI is InChI=1S/C16H18ClN5O6/c1-6(23)26-10-4-9(12(27-7(2)24)13(10)28-8(3)25)22-5-19-11-14(17)20-16(18)21-15(11)22/h5,9-10,12-13H,4H2,1-3H3,(H2,18,20,21)/t9-,10+,12+,13-/m1/s1. The predicted octanol–water partition coefficient (Wildman–Crippen LogP) is 0.802.